The van der Waals surface area contributed by atoms with Gasteiger partial charge in [-0.2, -0.15) is 0 Å². The van der Waals surface area contributed by atoms with E-state index in [2.05, 4.69) is 0 Å². The number of hydrogen-bond acceptors (Lipinski definition) is 2. The first kappa shape index (κ1) is 14.5. The molecule has 0 amide bonds. The Morgan fingerprint density at radius 2 is 1.50 bits per heavy atom. The van der Waals surface area contributed by atoms with Crippen LogP contribution in [0.4, 0.5) is 0 Å². The molecule has 72 valence electrons. The molecule has 0 heterocycles. The maximum Gasteiger partial charge on any atom is 0.307 e. The molecule has 0 saturated heterocycles. The average molecular weight is 235 g/mol. The van der Waals surface area contributed by atoms with Crippen LogP contribution >= 0.6 is 34.8 Å². The molecule has 0 aliphatic rings. The van der Waals surface area contributed by atoms with Gasteiger partial charge in [-0.1, -0.05) is 34.8 Å². The largest absolute Gasteiger partial charge is 0.481 e. The summed E-state index contributed by atoms with van der Waals surface area (Å²) in [6.07, 6.45) is -0.461. The Morgan fingerprint density at radius 3 is 1.50 bits per heavy atom. The first-order chi connectivity index (χ1) is 5.15. The summed E-state index contributed by atoms with van der Waals surface area (Å²) < 4.78 is -1.66. The van der Waals surface area contributed by atoms with Gasteiger partial charge in [-0.05, 0) is 13.8 Å². The molecule has 0 unspecified atom stereocenters. The molecule has 0 aliphatic heterocycles. The van der Waals surface area contributed by atoms with E-state index in [0.717, 1.165) is 0 Å². The summed E-state index contributed by atoms with van der Waals surface area (Å²) in [6, 6.07) is 0. The van der Waals surface area contributed by atoms with Crippen molar-refractivity contribution in [3.8, 4) is 0 Å². The van der Waals surface area contributed by atoms with Crippen molar-refractivity contribution in [3.63, 3.8) is 0 Å². The Balaban J connectivity index is 0. The fourth-order valence-corrected chi connectivity index (χ4v) is 0.514. The molecule has 0 saturated carbocycles. The predicted octanol–water partition coefficient (Wildman–Crippen LogP) is 2.43. The molecule has 0 radical (unpaired) electrons. The summed E-state index contributed by atoms with van der Waals surface area (Å²) in [5.41, 5.74) is 0. The van der Waals surface area contributed by atoms with E-state index >= 15 is 0 Å². The highest BCUT2D eigenvalue weighted by molar-refractivity contribution is 6.68. The van der Waals surface area contributed by atoms with Crippen LogP contribution in [-0.4, -0.2) is 20.7 Å². The van der Waals surface area contributed by atoms with Crippen LogP contribution in [0.1, 0.15) is 20.3 Å². The maximum atomic E-state index is 9.76. The zero-order valence-electron chi connectivity index (χ0n) is 6.60. The second-order valence-corrected chi connectivity index (χ2v) is 4.61. The van der Waals surface area contributed by atoms with Crippen molar-refractivity contribution in [3.05, 3.63) is 0 Å². The topological polar surface area (TPSA) is 54.4 Å². The van der Waals surface area contributed by atoms with Gasteiger partial charge in [-0.3, -0.25) is 4.79 Å². The van der Waals surface area contributed by atoms with Crippen molar-refractivity contribution in [2.45, 2.75) is 24.1 Å². The van der Waals surface area contributed by atoms with E-state index in [1.165, 1.54) is 13.8 Å². The lowest BCUT2D eigenvalue weighted by atomic mass is 10.5. The number of halogens is 3. The van der Waals surface area contributed by atoms with Crippen LogP contribution < -0.4 is 0 Å². The number of hydrogen-bond donors (Lipinski definition) is 1. The summed E-state index contributed by atoms with van der Waals surface area (Å²) in [4.78, 5) is 19.2. The lowest BCUT2D eigenvalue weighted by molar-refractivity contribution is -0.136. The van der Waals surface area contributed by atoms with E-state index in [9.17, 15) is 9.59 Å². The molecule has 0 bridgehead atoms. The lowest BCUT2D eigenvalue weighted by Crippen LogP contribution is -2.09. The second-order valence-electron chi connectivity index (χ2n) is 2.09. The number of alkyl halides is 3. The highest BCUT2D eigenvalue weighted by Crippen LogP contribution is 2.29. The van der Waals surface area contributed by atoms with Crippen molar-refractivity contribution in [2.75, 3.05) is 0 Å². The summed E-state index contributed by atoms with van der Waals surface area (Å²) in [5.74, 6) is -0.954. The van der Waals surface area contributed by atoms with Crippen molar-refractivity contribution in [1.82, 2.24) is 0 Å². The Hall–Kier alpha value is 0.01000. The van der Waals surface area contributed by atoms with Gasteiger partial charge in [0.1, 0.15) is 5.78 Å². The van der Waals surface area contributed by atoms with Crippen molar-refractivity contribution in [1.29, 1.82) is 0 Å². The molecule has 6 heteroatoms. The van der Waals surface area contributed by atoms with E-state index in [1.54, 1.807) is 0 Å². The molecular weight excluding hydrogens is 226 g/mol. The standard InChI is InChI=1S/C3H3Cl3O2.C3H6O/c4-3(5,6)1-2(7)8;1-3(2)4/h1H2,(H,7,8);1-2H3. The highest BCUT2D eigenvalue weighted by atomic mass is 35.6. The van der Waals surface area contributed by atoms with Crippen LogP contribution in [0, 0.1) is 0 Å². The fourth-order valence-electron chi connectivity index (χ4n) is 0.171. The zero-order chi connectivity index (χ0) is 10.4. The van der Waals surface area contributed by atoms with Crippen LogP contribution in [0.2, 0.25) is 0 Å². The smallest absolute Gasteiger partial charge is 0.307 e. The summed E-state index contributed by atoms with van der Waals surface area (Å²) in [7, 11) is 0. The van der Waals surface area contributed by atoms with E-state index in [-0.39, 0.29) is 5.78 Å². The highest BCUT2D eigenvalue weighted by Gasteiger charge is 2.23. The predicted molar refractivity (Wildman–Crippen MR) is 48.9 cm³/mol. The molecule has 0 aromatic carbocycles. The molecule has 0 aromatic rings. The van der Waals surface area contributed by atoms with Crippen LogP contribution in [0.15, 0.2) is 0 Å². The maximum absolute atomic E-state index is 9.76. The number of rotatable bonds is 1. The third-order valence-electron chi connectivity index (χ3n) is 0.352. The molecule has 1 N–H and O–H groups in total. The second kappa shape index (κ2) is 6.52. The first-order valence-electron chi connectivity index (χ1n) is 2.91. The molecule has 0 atom stereocenters. The van der Waals surface area contributed by atoms with Gasteiger partial charge in [-0.25, -0.2) is 0 Å². The number of Topliss-reactive ketones (excluding diaryl/α,β-unsaturated/α-hetero) is 1. The molecule has 0 aliphatic carbocycles. The van der Waals surface area contributed by atoms with Gasteiger partial charge >= 0.3 is 5.97 Å². The molecule has 3 nitrogen and oxygen atoms in total. The summed E-state index contributed by atoms with van der Waals surface area (Å²) >= 11 is 15.2. The Labute approximate surface area is 85.6 Å². The normalized spacial score (nSPS) is 9.75. The third kappa shape index (κ3) is 32.4. The van der Waals surface area contributed by atoms with Crippen molar-refractivity contribution < 1.29 is 14.7 Å². The fraction of sp³-hybridized carbons (Fsp3) is 0.667. The van der Waals surface area contributed by atoms with E-state index < -0.39 is 16.2 Å². The monoisotopic (exact) mass is 234 g/mol. The van der Waals surface area contributed by atoms with Gasteiger partial charge in [-0.15, -0.1) is 0 Å². The summed E-state index contributed by atoms with van der Waals surface area (Å²) in [6.45, 7) is 3.06. The Bertz CT molecular complexity index is 158. The lowest BCUT2D eigenvalue weighted by Gasteiger charge is -2.03. The van der Waals surface area contributed by atoms with Gasteiger partial charge in [0.15, 0.2) is 0 Å². The number of carboxylic acids is 1. The van der Waals surface area contributed by atoms with Crippen molar-refractivity contribution >= 4 is 46.6 Å². The van der Waals surface area contributed by atoms with Gasteiger partial charge in [0.2, 0.25) is 3.79 Å². The molecule has 0 spiro atoms. The number of carbonyl (C=O) groups is 2. The number of ketones is 1. The van der Waals surface area contributed by atoms with E-state index in [0.29, 0.717) is 0 Å². The van der Waals surface area contributed by atoms with Crippen LogP contribution in [-0.2, 0) is 9.59 Å². The van der Waals surface area contributed by atoms with Crippen LogP contribution in [0.5, 0.6) is 0 Å². The van der Waals surface area contributed by atoms with Gasteiger partial charge in [0, 0.05) is 0 Å². The SMILES string of the molecule is CC(C)=O.O=C(O)CC(Cl)(Cl)Cl. The van der Waals surface area contributed by atoms with Gasteiger partial charge in [0.25, 0.3) is 0 Å². The van der Waals surface area contributed by atoms with Gasteiger partial charge < -0.3 is 9.90 Å². The first-order valence-corrected chi connectivity index (χ1v) is 4.04. The molecule has 0 rings (SSSR count). The number of aliphatic carboxylic acids is 1. The molecule has 0 fully saturated rings. The minimum absolute atomic E-state index is 0.167. The molecular formula is C6H9Cl3O3. The third-order valence-corrected chi connectivity index (χ3v) is 0.753. The van der Waals surface area contributed by atoms with Crippen molar-refractivity contribution in [2.24, 2.45) is 0 Å². The van der Waals surface area contributed by atoms with Crippen LogP contribution in [0.25, 0.3) is 0 Å². The Kier molecular flexibility index (Phi) is 7.89. The molecule has 12 heavy (non-hydrogen) atoms. The molecule has 0 aromatic heterocycles. The van der Waals surface area contributed by atoms with Gasteiger partial charge in [0.05, 0.1) is 6.42 Å². The Morgan fingerprint density at radius 1 is 1.25 bits per heavy atom. The summed E-state index contributed by atoms with van der Waals surface area (Å²) in [5, 5.41) is 8.00. The average Bonchev–Trinajstić information content (AvgIpc) is 1.52. The quantitative estimate of drug-likeness (QED) is 0.710. The van der Waals surface area contributed by atoms with Crippen LogP contribution in [0.3, 0.4) is 0 Å². The minimum Gasteiger partial charge on any atom is -0.481 e. The zero-order valence-corrected chi connectivity index (χ0v) is 8.87. The number of carboxylic acid groups (broad SMARTS) is 1. The van der Waals surface area contributed by atoms with E-state index in [4.69, 9.17) is 39.9 Å². The van der Waals surface area contributed by atoms with E-state index in [1.807, 2.05) is 0 Å². The number of carbonyl (C=O) groups excluding carboxylic acids is 1. The minimum atomic E-state index is -1.66.